The van der Waals surface area contributed by atoms with Crippen molar-refractivity contribution >= 4 is 23.5 Å². The quantitative estimate of drug-likeness (QED) is 0.267. The number of rotatable bonds is 4. The van der Waals surface area contributed by atoms with Gasteiger partial charge < -0.3 is 19.7 Å². The first-order valence-electron chi connectivity index (χ1n) is 11.2. The van der Waals surface area contributed by atoms with Crippen molar-refractivity contribution in [3.05, 3.63) is 63.4 Å². The van der Waals surface area contributed by atoms with Gasteiger partial charge in [-0.3, -0.25) is 34.0 Å². The summed E-state index contributed by atoms with van der Waals surface area (Å²) in [6.07, 6.45) is -4.84. The molecule has 0 saturated carbocycles. The Hall–Kier alpha value is -3.65. The van der Waals surface area contributed by atoms with Crippen LogP contribution in [0.2, 0.25) is 0 Å². The van der Waals surface area contributed by atoms with Gasteiger partial charge in [0.1, 0.15) is 23.9 Å². The van der Waals surface area contributed by atoms with E-state index in [-0.39, 0.29) is 0 Å². The molecule has 1 aromatic carbocycles. The number of esters is 1. The number of carbonyl (C=O) groups excluding carboxylic acids is 3. The van der Waals surface area contributed by atoms with Crippen LogP contribution in [0.5, 0.6) is 0 Å². The Morgan fingerprint density at radius 3 is 2.39 bits per heavy atom. The summed E-state index contributed by atoms with van der Waals surface area (Å²) in [7, 11) is 1.15. The zero-order valence-electron chi connectivity index (χ0n) is 19.2. The normalized spacial score (nSPS) is 35.8. The molecule has 2 amide bonds. The Labute approximate surface area is 203 Å². The molecule has 4 heterocycles. The Bertz CT molecular complexity index is 1340. The van der Waals surface area contributed by atoms with Gasteiger partial charge in [0, 0.05) is 18.3 Å². The van der Waals surface area contributed by atoms with Gasteiger partial charge in [0.25, 0.3) is 5.56 Å². The van der Waals surface area contributed by atoms with Gasteiger partial charge >= 0.3 is 11.7 Å². The molecule has 36 heavy (non-hydrogen) atoms. The summed E-state index contributed by atoms with van der Waals surface area (Å²) in [5.41, 5.74) is -2.87. The van der Waals surface area contributed by atoms with E-state index in [0.29, 0.717) is 5.69 Å². The predicted molar refractivity (Wildman–Crippen MR) is 121 cm³/mol. The van der Waals surface area contributed by atoms with Crippen molar-refractivity contribution in [2.24, 2.45) is 11.8 Å². The third-order valence-electron chi connectivity index (χ3n) is 7.20. The van der Waals surface area contributed by atoms with Gasteiger partial charge in [0.05, 0.1) is 24.6 Å². The molecule has 0 spiro atoms. The number of anilines is 1. The fourth-order valence-electron chi connectivity index (χ4n) is 5.54. The lowest BCUT2D eigenvalue weighted by Crippen LogP contribution is -2.58. The average molecular weight is 500 g/mol. The number of nitrogens with zero attached hydrogens (tertiary/aromatic N) is 2. The molecule has 2 aromatic rings. The number of H-pyrrole nitrogens is 1. The van der Waals surface area contributed by atoms with Crippen LogP contribution in [0.4, 0.5) is 5.69 Å². The molecular formula is C23H24N4O9. The van der Waals surface area contributed by atoms with E-state index >= 15 is 0 Å². The topological polar surface area (TPSA) is 180 Å². The van der Waals surface area contributed by atoms with E-state index in [1.54, 1.807) is 30.3 Å². The molecule has 0 radical (unpaired) electrons. The van der Waals surface area contributed by atoms with Crippen LogP contribution in [-0.2, 0) is 23.9 Å². The SMILES string of the molecule is COC(=O)[C@]1(C)N[C@H]([C@H]2O[C@@H](n3ccc(=O)[nH]c3=O)[C@H](O)[C@@H]2O)[C@@H]2C(=O)N(c3ccccc3)C(=O)[C@@H]21. The van der Waals surface area contributed by atoms with Crippen molar-refractivity contribution < 1.29 is 34.1 Å². The molecule has 8 atom stereocenters. The highest BCUT2D eigenvalue weighted by Crippen LogP contribution is 2.48. The van der Waals surface area contributed by atoms with Crippen LogP contribution >= 0.6 is 0 Å². The number of hydrogen-bond donors (Lipinski definition) is 4. The Kier molecular flexibility index (Phi) is 5.67. The molecule has 1 aromatic heterocycles. The molecule has 0 bridgehead atoms. The fourth-order valence-corrected chi connectivity index (χ4v) is 5.54. The minimum absolute atomic E-state index is 0.318. The van der Waals surface area contributed by atoms with Crippen LogP contribution in [0.3, 0.4) is 0 Å². The van der Waals surface area contributed by atoms with E-state index in [1.165, 1.54) is 6.92 Å². The second-order valence-corrected chi connectivity index (χ2v) is 9.20. The molecule has 5 rings (SSSR count). The van der Waals surface area contributed by atoms with Crippen molar-refractivity contribution in [1.82, 2.24) is 14.9 Å². The number of hydrogen-bond acceptors (Lipinski definition) is 10. The van der Waals surface area contributed by atoms with E-state index < -0.39 is 77.0 Å². The number of fused-ring (bicyclic) bond motifs is 1. The minimum atomic E-state index is -1.65. The molecular weight excluding hydrogens is 476 g/mol. The Morgan fingerprint density at radius 2 is 1.75 bits per heavy atom. The van der Waals surface area contributed by atoms with Crippen molar-refractivity contribution in [1.29, 1.82) is 0 Å². The summed E-state index contributed by atoms with van der Waals surface area (Å²) in [6, 6.07) is 8.14. The fraction of sp³-hybridized carbons (Fsp3) is 0.435. The van der Waals surface area contributed by atoms with Crippen LogP contribution in [0, 0.1) is 11.8 Å². The monoisotopic (exact) mass is 500 g/mol. The largest absolute Gasteiger partial charge is 0.468 e. The molecule has 3 saturated heterocycles. The maximum atomic E-state index is 13.6. The molecule has 3 aliphatic rings. The number of imide groups is 1. The number of para-hydroxylation sites is 1. The second-order valence-electron chi connectivity index (χ2n) is 9.20. The number of aromatic amines is 1. The lowest BCUT2D eigenvalue weighted by atomic mass is 9.80. The number of aliphatic hydroxyl groups excluding tert-OH is 2. The molecule has 4 N–H and O–H groups in total. The van der Waals surface area contributed by atoms with Crippen molar-refractivity contribution in [3.8, 4) is 0 Å². The van der Waals surface area contributed by atoms with E-state index in [1.807, 2.05) is 4.98 Å². The van der Waals surface area contributed by atoms with Gasteiger partial charge in [0.15, 0.2) is 6.23 Å². The number of amides is 2. The zero-order chi connectivity index (χ0) is 25.9. The van der Waals surface area contributed by atoms with Crippen molar-refractivity contribution in [2.75, 3.05) is 12.0 Å². The first-order valence-corrected chi connectivity index (χ1v) is 11.2. The number of ether oxygens (including phenoxy) is 2. The zero-order valence-corrected chi connectivity index (χ0v) is 19.2. The van der Waals surface area contributed by atoms with Crippen molar-refractivity contribution in [3.63, 3.8) is 0 Å². The lowest BCUT2D eigenvalue weighted by molar-refractivity contribution is -0.151. The lowest BCUT2D eigenvalue weighted by Gasteiger charge is -2.30. The van der Waals surface area contributed by atoms with Gasteiger partial charge in [-0.15, -0.1) is 0 Å². The molecule has 13 heteroatoms. The second kappa shape index (κ2) is 8.48. The van der Waals surface area contributed by atoms with Crippen LogP contribution in [0.1, 0.15) is 13.2 Å². The van der Waals surface area contributed by atoms with Crippen LogP contribution in [0.25, 0.3) is 0 Å². The summed E-state index contributed by atoms with van der Waals surface area (Å²) in [6.45, 7) is 1.43. The molecule has 0 aliphatic carbocycles. The van der Waals surface area contributed by atoms with Gasteiger partial charge in [-0.1, -0.05) is 18.2 Å². The minimum Gasteiger partial charge on any atom is -0.468 e. The highest BCUT2D eigenvalue weighted by Gasteiger charge is 2.69. The molecule has 3 aliphatic heterocycles. The highest BCUT2D eigenvalue weighted by molar-refractivity contribution is 6.24. The van der Waals surface area contributed by atoms with Crippen LogP contribution in [0.15, 0.2) is 52.2 Å². The van der Waals surface area contributed by atoms with E-state index in [9.17, 15) is 34.2 Å². The molecule has 13 nitrogen and oxygen atoms in total. The van der Waals surface area contributed by atoms with Crippen LogP contribution in [-0.4, -0.2) is 74.6 Å². The molecule has 190 valence electrons. The van der Waals surface area contributed by atoms with Gasteiger partial charge in [-0.25, -0.2) is 9.69 Å². The summed E-state index contributed by atoms with van der Waals surface area (Å²) < 4.78 is 11.7. The number of methoxy groups -OCH3 is 1. The third kappa shape index (κ3) is 3.35. The third-order valence-corrected chi connectivity index (χ3v) is 7.20. The van der Waals surface area contributed by atoms with Gasteiger partial charge in [-0.05, 0) is 19.1 Å². The van der Waals surface area contributed by atoms with Gasteiger partial charge in [0.2, 0.25) is 11.8 Å². The first kappa shape index (κ1) is 24.1. The highest BCUT2D eigenvalue weighted by atomic mass is 16.6. The average Bonchev–Trinajstić information content (AvgIpc) is 3.43. The number of nitrogens with one attached hydrogen (secondary N) is 2. The first-order chi connectivity index (χ1) is 17.1. The standard InChI is InChI=1S/C23H24N4O9/c1-23(21(33)35-2)13-12(18(31)27(19(13)32)10-6-4-3-5-7-10)14(25-23)17-15(29)16(30)20(36-17)26-9-8-11(28)24-22(26)34/h3-9,12-17,20,25,29-30H,1-2H3,(H,24,28,34)/t12-,13-,14+,15+,16-,17-,20-,23-/m1/s1. The number of carbonyl (C=O) groups is 3. The van der Waals surface area contributed by atoms with Crippen LogP contribution < -0.4 is 21.5 Å². The molecule has 3 fully saturated rings. The maximum Gasteiger partial charge on any atom is 0.330 e. The number of aromatic nitrogens is 2. The van der Waals surface area contributed by atoms with Gasteiger partial charge in [-0.2, -0.15) is 0 Å². The number of aliphatic hydroxyl groups is 2. The Morgan fingerprint density at radius 1 is 1.06 bits per heavy atom. The smallest absolute Gasteiger partial charge is 0.330 e. The van der Waals surface area contributed by atoms with E-state index in [2.05, 4.69) is 5.32 Å². The van der Waals surface area contributed by atoms with Crippen molar-refractivity contribution in [2.45, 2.75) is 43.0 Å². The van der Waals surface area contributed by atoms with E-state index in [4.69, 9.17) is 9.47 Å². The summed E-state index contributed by atoms with van der Waals surface area (Å²) in [4.78, 5) is 66.7. The maximum absolute atomic E-state index is 13.6. The number of benzene rings is 1. The molecule has 0 unspecified atom stereocenters. The Balaban J connectivity index is 1.55. The summed E-state index contributed by atoms with van der Waals surface area (Å²) in [5, 5.41) is 24.5. The summed E-state index contributed by atoms with van der Waals surface area (Å²) in [5.74, 6) is -4.38. The van der Waals surface area contributed by atoms with E-state index in [0.717, 1.165) is 28.8 Å². The predicted octanol–water partition coefficient (Wildman–Crippen LogP) is -2.13. The summed E-state index contributed by atoms with van der Waals surface area (Å²) >= 11 is 0.